The Bertz CT molecular complexity index is 472. The highest BCUT2D eigenvalue weighted by molar-refractivity contribution is 9.10. The Hall–Kier alpha value is -1.30. The van der Waals surface area contributed by atoms with Crippen molar-refractivity contribution in [1.82, 2.24) is 9.88 Å². The number of hydrogen-bond donors (Lipinski definition) is 2. The standard InChI is InChI=1S/C12H15BrN2O3/c1-7-4-8(12(17)18)2-3-15(7)11(16)10-5-9(13)6-14-10/h5-8,14H,2-4H2,1H3,(H,17,18). The molecule has 0 bridgehead atoms. The normalized spacial score (nSPS) is 24.0. The van der Waals surface area contributed by atoms with Crippen LogP contribution >= 0.6 is 15.9 Å². The summed E-state index contributed by atoms with van der Waals surface area (Å²) in [6, 6.07) is 1.69. The van der Waals surface area contributed by atoms with Gasteiger partial charge in [-0.05, 0) is 41.8 Å². The molecule has 5 nitrogen and oxygen atoms in total. The average molecular weight is 315 g/mol. The van der Waals surface area contributed by atoms with Gasteiger partial charge in [0.1, 0.15) is 5.69 Å². The summed E-state index contributed by atoms with van der Waals surface area (Å²) in [5.41, 5.74) is 0.530. The van der Waals surface area contributed by atoms with E-state index in [-0.39, 0.29) is 17.9 Å². The number of piperidine rings is 1. The number of carbonyl (C=O) groups is 2. The van der Waals surface area contributed by atoms with Crippen LogP contribution in [0.15, 0.2) is 16.7 Å². The minimum absolute atomic E-state index is 0.0468. The number of likely N-dealkylation sites (tertiary alicyclic amines) is 1. The predicted octanol–water partition coefficient (Wildman–Crippen LogP) is 2.10. The van der Waals surface area contributed by atoms with E-state index in [1.165, 1.54) is 0 Å². The van der Waals surface area contributed by atoms with Crippen LogP contribution in [0.3, 0.4) is 0 Å². The molecule has 2 heterocycles. The summed E-state index contributed by atoms with van der Waals surface area (Å²) in [7, 11) is 0. The van der Waals surface area contributed by atoms with E-state index in [2.05, 4.69) is 20.9 Å². The molecule has 0 saturated carbocycles. The quantitative estimate of drug-likeness (QED) is 0.878. The number of carboxylic acids is 1. The van der Waals surface area contributed by atoms with Crippen molar-refractivity contribution in [3.05, 3.63) is 22.4 Å². The fourth-order valence-electron chi connectivity index (χ4n) is 2.34. The van der Waals surface area contributed by atoms with Gasteiger partial charge in [0, 0.05) is 23.3 Å². The zero-order valence-electron chi connectivity index (χ0n) is 10.0. The molecule has 6 heteroatoms. The van der Waals surface area contributed by atoms with Crippen LogP contribution in [0.5, 0.6) is 0 Å². The number of carboxylic acid groups (broad SMARTS) is 1. The third kappa shape index (κ3) is 2.58. The van der Waals surface area contributed by atoms with Crippen LogP contribution in [0.25, 0.3) is 0 Å². The molecule has 0 spiro atoms. The molecule has 1 fully saturated rings. The number of nitrogens with zero attached hydrogens (tertiary/aromatic N) is 1. The molecule has 1 amide bonds. The van der Waals surface area contributed by atoms with E-state index in [4.69, 9.17) is 5.11 Å². The molecule has 0 aliphatic carbocycles. The van der Waals surface area contributed by atoms with Crippen LogP contribution in [-0.4, -0.2) is 39.5 Å². The summed E-state index contributed by atoms with van der Waals surface area (Å²) >= 11 is 3.29. The Morgan fingerprint density at radius 1 is 1.56 bits per heavy atom. The van der Waals surface area contributed by atoms with Gasteiger partial charge in [-0.15, -0.1) is 0 Å². The van der Waals surface area contributed by atoms with Crippen molar-refractivity contribution in [3.63, 3.8) is 0 Å². The van der Waals surface area contributed by atoms with E-state index < -0.39 is 5.97 Å². The summed E-state index contributed by atoms with van der Waals surface area (Å²) in [6.07, 6.45) is 2.75. The minimum atomic E-state index is -0.767. The Kier molecular flexibility index (Phi) is 3.75. The fraction of sp³-hybridized carbons (Fsp3) is 0.500. The zero-order chi connectivity index (χ0) is 13.3. The number of rotatable bonds is 2. The Morgan fingerprint density at radius 2 is 2.28 bits per heavy atom. The predicted molar refractivity (Wildman–Crippen MR) is 69.4 cm³/mol. The van der Waals surface area contributed by atoms with Gasteiger partial charge in [0.25, 0.3) is 5.91 Å². The van der Waals surface area contributed by atoms with Crippen molar-refractivity contribution in [2.75, 3.05) is 6.54 Å². The Morgan fingerprint density at radius 3 is 2.78 bits per heavy atom. The van der Waals surface area contributed by atoms with Crippen molar-refractivity contribution in [1.29, 1.82) is 0 Å². The molecule has 1 aliphatic heterocycles. The molecule has 2 N–H and O–H groups in total. The van der Waals surface area contributed by atoms with Crippen LogP contribution in [0.4, 0.5) is 0 Å². The molecule has 1 aromatic heterocycles. The van der Waals surface area contributed by atoms with Crippen molar-refractivity contribution < 1.29 is 14.7 Å². The number of aromatic amines is 1. The highest BCUT2D eigenvalue weighted by Crippen LogP contribution is 2.25. The second-order valence-corrected chi connectivity index (χ2v) is 5.55. The second-order valence-electron chi connectivity index (χ2n) is 4.64. The van der Waals surface area contributed by atoms with Gasteiger partial charge in [-0.3, -0.25) is 9.59 Å². The van der Waals surface area contributed by atoms with Gasteiger partial charge >= 0.3 is 5.97 Å². The monoisotopic (exact) mass is 314 g/mol. The van der Waals surface area contributed by atoms with E-state index >= 15 is 0 Å². The third-order valence-corrected chi connectivity index (χ3v) is 3.82. The maximum Gasteiger partial charge on any atom is 0.306 e. The SMILES string of the molecule is CC1CC(C(=O)O)CCN1C(=O)c1cc(Br)c[nH]1. The summed E-state index contributed by atoms with van der Waals surface area (Å²) in [4.78, 5) is 27.8. The molecule has 2 atom stereocenters. The van der Waals surface area contributed by atoms with Gasteiger partial charge < -0.3 is 15.0 Å². The summed E-state index contributed by atoms with van der Waals surface area (Å²) in [5, 5.41) is 8.99. The van der Waals surface area contributed by atoms with Crippen LogP contribution in [0.1, 0.15) is 30.3 Å². The Labute approximate surface area is 113 Å². The van der Waals surface area contributed by atoms with Crippen molar-refractivity contribution >= 4 is 27.8 Å². The highest BCUT2D eigenvalue weighted by Gasteiger charge is 2.32. The van der Waals surface area contributed by atoms with Crippen LogP contribution in [0, 0.1) is 5.92 Å². The number of carbonyl (C=O) groups excluding carboxylic acids is 1. The number of aromatic nitrogens is 1. The smallest absolute Gasteiger partial charge is 0.306 e. The topological polar surface area (TPSA) is 73.4 Å². The van der Waals surface area contributed by atoms with Gasteiger partial charge in [0.15, 0.2) is 0 Å². The van der Waals surface area contributed by atoms with Crippen molar-refractivity contribution in [2.24, 2.45) is 5.92 Å². The van der Waals surface area contributed by atoms with E-state index in [0.29, 0.717) is 25.1 Å². The van der Waals surface area contributed by atoms with Gasteiger partial charge in [-0.1, -0.05) is 0 Å². The van der Waals surface area contributed by atoms with E-state index in [0.717, 1.165) is 4.47 Å². The van der Waals surface area contributed by atoms with Crippen LogP contribution < -0.4 is 0 Å². The average Bonchev–Trinajstić information content (AvgIpc) is 2.74. The first-order chi connectivity index (χ1) is 8.49. The highest BCUT2D eigenvalue weighted by atomic mass is 79.9. The van der Waals surface area contributed by atoms with E-state index in [1.807, 2.05) is 6.92 Å². The maximum atomic E-state index is 12.2. The van der Waals surface area contributed by atoms with E-state index in [9.17, 15) is 9.59 Å². The molecular weight excluding hydrogens is 300 g/mol. The maximum absolute atomic E-state index is 12.2. The summed E-state index contributed by atoms with van der Waals surface area (Å²) < 4.78 is 0.832. The first-order valence-corrected chi connectivity index (χ1v) is 6.66. The number of halogens is 1. The third-order valence-electron chi connectivity index (χ3n) is 3.36. The minimum Gasteiger partial charge on any atom is -0.481 e. The lowest BCUT2D eigenvalue weighted by Gasteiger charge is -2.36. The molecule has 0 aromatic carbocycles. The lowest BCUT2D eigenvalue weighted by molar-refractivity contribution is -0.143. The number of H-pyrrole nitrogens is 1. The number of amides is 1. The molecular formula is C12H15BrN2O3. The summed E-state index contributed by atoms with van der Waals surface area (Å²) in [6.45, 7) is 2.39. The van der Waals surface area contributed by atoms with E-state index in [1.54, 1.807) is 17.2 Å². The second kappa shape index (κ2) is 5.14. The molecule has 1 aliphatic rings. The number of nitrogens with one attached hydrogen (secondary N) is 1. The van der Waals surface area contributed by atoms with Crippen molar-refractivity contribution in [2.45, 2.75) is 25.8 Å². The fourth-order valence-corrected chi connectivity index (χ4v) is 2.69. The van der Waals surface area contributed by atoms with Crippen molar-refractivity contribution in [3.8, 4) is 0 Å². The van der Waals surface area contributed by atoms with Crippen LogP contribution in [0.2, 0.25) is 0 Å². The zero-order valence-corrected chi connectivity index (χ0v) is 11.6. The van der Waals surface area contributed by atoms with Gasteiger partial charge in [-0.25, -0.2) is 0 Å². The number of aliphatic carboxylic acids is 1. The van der Waals surface area contributed by atoms with Crippen LogP contribution in [-0.2, 0) is 4.79 Å². The first kappa shape index (κ1) is 13.1. The van der Waals surface area contributed by atoms with Gasteiger partial charge in [0.2, 0.25) is 0 Å². The van der Waals surface area contributed by atoms with Gasteiger partial charge in [0.05, 0.1) is 5.92 Å². The lowest BCUT2D eigenvalue weighted by Crippen LogP contribution is -2.46. The largest absolute Gasteiger partial charge is 0.481 e. The molecule has 2 unspecified atom stereocenters. The first-order valence-electron chi connectivity index (χ1n) is 5.86. The van der Waals surface area contributed by atoms with Gasteiger partial charge in [-0.2, -0.15) is 0 Å². The molecule has 18 heavy (non-hydrogen) atoms. The Balaban J connectivity index is 2.07. The lowest BCUT2D eigenvalue weighted by atomic mass is 9.91. The molecule has 2 rings (SSSR count). The summed E-state index contributed by atoms with van der Waals surface area (Å²) in [5.74, 6) is -1.17. The molecule has 0 radical (unpaired) electrons. The molecule has 1 aromatic rings. The molecule has 98 valence electrons. The molecule has 1 saturated heterocycles. The number of hydrogen-bond acceptors (Lipinski definition) is 2.